The summed E-state index contributed by atoms with van der Waals surface area (Å²) in [7, 11) is 0. The Morgan fingerprint density at radius 1 is 0.423 bits per heavy atom. The van der Waals surface area contributed by atoms with Crippen molar-refractivity contribution in [3.63, 3.8) is 0 Å². The van der Waals surface area contributed by atoms with Crippen molar-refractivity contribution in [1.82, 2.24) is 0 Å². The van der Waals surface area contributed by atoms with Gasteiger partial charge in [-0.05, 0) is 16.7 Å². The van der Waals surface area contributed by atoms with Crippen molar-refractivity contribution in [2.45, 2.75) is 47.1 Å². The maximum absolute atomic E-state index is 11.4. The molecule has 0 saturated heterocycles. The molecule has 26 heavy (non-hydrogen) atoms. The first-order valence-corrected chi connectivity index (χ1v) is 9.71. The smallest absolute Gasteiger partial charge is 0.140 e. The summed E-state index contributed by atoms with van der Waals surface area (Å²) < 4.78 is 0. The SMILES string of the molecule is CC.CC.CC.OC(c1ccccc1)(c1ccccc1)c1ccccc1. The van der Waals surface area contributed by atoms with E-state index in [1.807, 2.05) is 133 Å². The maximum atomic E-state index is 11.4. The first kappa shape index (κ1) is 23.6. The topological polar surface area (TPSA) is 20.2 Å². The molecule has 1 heteroatoms. The van der Waals surface area contributed by atoms with Gasteiger partial charge in [0.25, 0.3) is 0 Å². The van der Waals surface area contributed by atoms with E-state index < -0.39 is 5.60 Å². The highest BCUT2D eigenvalue weighted by Crippen LogP contribution is 2.36. The summed E-state index contributed by atoms with van der Waals surface area (Å²) in [4.78, 5) is 0. The first-order chi connectivity index (χ1) is 12.8. The molecule has 0 aromatic heterocycles. The van der Waals surface area contributed by atoms with Crippen LogP contribution in [0.25, 0.3) is 0 Å². The van der Waals surface area contributed by atoms with Crippen LogP contribution in [0.1, 0.15) is 58.2 Å². The maximum Gasteiger partial charge on any atom is 0.140 e. The molecular formula is C25H34O. The van der Waals surface area contributed by atoms with Crippen LogP contribution in [0.15, 0.2) is 91.0 Å². The highest BCUT2D eigenvalue weighted by molar-refractivity contribution is 5.46. The van der Waals surface area contributed by atoms with Gasteiger partial charge in [0.1, 0.15) is 5.60 Å². The van der Waals surface area contributed by atoms with Crippen LogP contribution in [0.4, 0.5) is 0 Å². The number of hydrogen-bond acceptors (Lipinski definition) is 1. The van der Waals surface area contributed by atoms with E-state index in [-0.39, 0.29) is 0 Å². The van der Waals surface area contributed by atoms with E-state index in [0.717, 1.165) is 16.7 Å². The lowest BCUT2D eigenvalue weighted by Crippen LogP contribution is -2.28. The Morgan fingerprint density at radius 3 is 0.808 bits per heavy atom. The van der Waals surface area contributed by atoms with Crippen molar-refractivity contribution < 1.29 is 5.11 Å². The van der Waals surface area contributed by atoms with Crippen molar-refractivity contribution in [3.05, 3.63) is 108 Å². The summed E-state index contributed by atoms with van der Waals surface area (Å²) >= 11 is 0. The van der Waals surface area contributed by atoms with E-state index in [2.05, 4.69) is 0 Å². The van der Waals surface area contributed by atoms with Gasteiger partial charge in [-0.1, -0.05) is 133 Å². The largest absolute Gasteiger partial charge is 0.376 e. The zero-order valence-corrected chi connectivity index (χ0v) is 17.1. The minimum Gasteiger partial charge on any atom is -0.376 e. The fourth-order valence-electron chi connectivity index (χ4n) is 2.54. The first-order valence-electron chi connectivity index (χ1n) is 9.71. The van der Waals surface area contributed by atoms with Gasteiger partial charge >= 0.3 is 0 Å². The predicted molar refractivity (Wildman–Crippen MR) is 115 cm³/mol. The normalized spacial score (nSPS) is 9.35. The van der Waals surface area contributed by atoms with E-state index in [0.29, 0.717) is 0 Å². The molecule has 3 aromatic rings. The van der Waals surface area contributed by atoms with Crippen LogP contribution in [0, 0.1) is 0 Å². The Morgan fingerprint density at radius 2 is 0.615 bits per heavy atom. The van der Waals surface area contributed by atoms with Crippen LogP contribution in [0.2, 0.25) is 0 Å². The molecule has 3 rings (SSSR count). The minimum atomic E-state index is -1.12. The van der Waals surface area contributed by atoms with Crippen LogP contribution in [0.5, 0.6) is 0 Å². The summed E-state index contributed by atoms with van der Waals surface area (Å²) in [6.45, 7) is 12.0. The van der Waals surface area contributed by atoms with Gasteiger partial charge in [0.05, 0.1) is 0 Å². The Labute approximate surface area is 160 Å². The lowest BCUT2D eigenvalue weighted by molar-refractivity contribution is 0.125. The molecule has 1 N–H and O–H groups in total. The molecule has 0 amide bonds. The van der Waals surface area contributed by atoms with Crippen LogP contribution < -0.4 is 0 Å². The van der Waals surface area contributed by atoms with Crippen molar-refractivity contribution in [3.8, 4) is 0 Å². The van der Waals surface area contributed by atoms with Gasteiger partial charge in [0.2, 0.25) is 0 Å². The van der Waals surface area contributed by atoms with Crippen LogP contribution >= 0.6 is 0 Å². The van der Waals surface area contributed by atoms with Gasteiger partial charge < -0.3 is 5.11 Å². The molecule has 0 aliphatic rings. The highest BCUT2D eigenvalue weighted by Gasteiger charge is 2.33. The summed E-state index contributed by atoms with van der Waals surface area (Å²) in [6, 6.07) is 29.3. The summed E-state index contributed by atoms with van der Waals surface area (Å²) in [6.07, 6.45) is 0. The molecule has 0 heterocycles. The average molecular weight is 351 g/mol. The van der Waals surface area contributed by atoms with Crippen molar-refractivity contribution >= 4 is 0 Å². The molecule has 0 unspecified atom stereocenters. The van der Waals surface area contributed by atoms with Gasteiger partial charge in [0, 0.05) is 0 Å². The third kappa shape index (κ3) is 5.86. The van der Waals surface area contributed by atoms with Crippen LogP contribution in [-0.2, 0) is 5.60 Å². The molecule has 1 nitrogen and oxygen atoms in total. The quantitative estimate of drug-likeness (QED) is 0.502. The number of hydrogen-bond donors (Lipinski definition) is 1. The minimum absolute atomic E-state index is 0.873. The Bertz CT molecular complexity index is 564. The summed E-state index contributed by atoms with van der Waals surface area (Å²) in [5.41, 5.74) is 1.50. The fraction of sp³-hybridized carbons (Fsp3) is 0.280. The fourth-order valence-corrected chi connectivity index (χ4v) is 2.54. The Balaban J connectivity index is 0.000000948. The second kappa shape index (κ2) is 13.9. The zero-order chi connectivity index (χ0) is 19.8. The van der Waals surface area contributed by atoms with E-state index >= 15 is 0 Å². The van der Waals surface area contributed by atoms with Crippen molar-refractivity contribution in [2.24, 2.45) is 0 Å². The molecule has 0 spiro atoms. The lowest BCUT2D eigenvalue weighted by Gasteiger charge is -2.30. The molecule has 0 radical (unpaired) electrons. The highest BCUT2D eigenvalue weighted by atomic mass is 16.3. The third-order valence-corrected chi connectivity index (χ3v) is 3.57. The van der Waals surface area contributed by atoms with Crippen LogP contribution in [0.3, 0.4) is 0 Å². The predicted octanol–water partition coefficient (Wildman–Crippen LogP) is 7.05. The molecule has 3 aromatic carbocycles. The number of rotatable bonds is 3. The summed E-state index contributed by atoms with van der Waals surface area (Å²) in [5.74, 6) is 0. The number of aliphatic hydroxyl groups is 1. The van der Waals surface area contributed by atoms with Crippen molar-refractivity contribution in [1.29, 1.82) is 0 Å². The van der Waals surface area contributed by atoms with Gasteiger partial charge in [0.15, 0.2) is 0 Å². The van der Waals surface area contributed by atoms with Gasteiger partial charge in [-0.3, -0.25) is 0 Å². The van der Waals surface area contributed by atoms with Crippen LogP contribution in [-0.4, -0.2) is 5.11 Å². The average Bonchev–Trinajstić information content (AvgIpc) is 2.79. The van der Waals surface area contributed by atoms with E-state index in [4.69, 9.17) is 0 Å². The molecule has 0 fully saturated rings. The van der Waals surface area contributed by atoms with Gasteiger partial charge in [-0.15, -0.1) is 0 Å². The van der Waals surface area contributed by atoms with E-state index in [9.17, 15) is 5.11 Å². The van der Waals surface area contributed by atoms with E-state index in [1.54, 1.807) is 0 Å². The molecule has 140 valence electrons. The standard InChI is InChI=1S/C19H16O.3C2H6/c20-19(16-10-4-1-5-11-16,17-12-6-2-7-13-17)18-14-8-3-9-15-18;3*1-2/h1-15,20H;3*1-2H3. The van der Waals surface area contributed by atoms with Crippen molar-refractivity contribution in [2.75, 3.05) is 0 Å². The second-order valence-corrected chi connectivity index (χ2v) is 4.81. The molecule has 0 aliphatic heterocycles. The molecule has 0 atom stereocenters. The van der Waals surface area contributed by atoms with Gasteiger partial charge in [-0.25, -0.2) is 0 Å². The molecule has 0 saturated carbocycles. The zero-order valence-electron chi connectivity index (χ0n) is 17.1. The Kier molecular flexibility index (Phi) is 12.6. The molecule has 0 bridgehead atoms. The molecule has 0 aliphatic carbocycles. The monoisotopic (exact) mass is 350 g/mol. The Hall–Kier alpha value is -2.38. The lowest BCUT2D eigenvalue weighted by atomic mass is 9.80. The van der Waals surface area contributed by atoms with E-state index in [1.165, 1.54) is 0 Å². The second-order valence-electron chi connectivity index (χ2n) is 4.81. The molecular weight excluding hydrogens is 316 g/mol. The van der Waals surface area contributed by atoms with Gasteiger partial charge in [-0.2, -0.15) is 0 Å². The number of benzene rings is 3. The summed E-state index contributed by atoms with van der Waals surface area (Å²) in [5, 5.41) is 11.4. The third-order valence-electron chi connectivity index (χ3n) is 3.57.